The lowest BCUT2D eigenvalue weighted by molar-refractivity contribution is 0.0368. The summed E-state index contributed by atoms with van der Waals surface area (Å²) in [6.07, 6.45) is 3.62. The maximum absolute atomic E-state index is 13.6. The van der Waals surface area contributed by atoms with E-state index in [0.29, 0.717) is 34.0 Å². The van der Waals surface area contributed by atoms with E-state index in [9.17, 15) is 4.79 Å². The number of fused-ring (bicyclic) bond motifs is 2. The number of carbonyl (C=O) groups excluding carboxylic acids is 1. The summed E-state index contributed by atoms with van der Waals surface area (Å²) in [6, 6.07) is 23.1. The van der Waals surface area contributed by atoms with E-state index in [4.69, 9.17) is 21.7 Å². The highest BCUT2D eigenvalue weighted by atomic mass is 32.1. The Balaban J connectivity index is 1.15. The van der Waals surface area contributed by atoms with E-state index in [1.165, 1.54) is 11.3 Å². The number of hydrogen-bond donors (Lipinski definition) is 3. The number of ether oxygens (including phenoxy) is 2. The van der Waals surface area contributed by atoms with E-state index >= 15 is 0 Å². The molecule has 1 saturated heterocycles. The van der Waals surface area contributed by atoms with Gasteiger partial charge in [0.25, 0.3) is 5.91 Å². The number of anilines is 3. The van der Waals surface area contributed by atoms with Gasteiger partial charge in [0.2, 0.25) is 0 Å². The van der Waals surface area contributed by atoms with Gasteiger partial charge in [0.15, 0.2) is 10.2 Å². The number of aromatic nitrogens is 2. The minimum Gasteiger partial charge on any atom is -0.493 e. The Kier molecular flexibility index (Phi) is 9.34. The van der Waals surface area contributed by atoms with E-state index in [2.05, 4.69) is 30.8 Å². The van der Waals surface area contributed by atoms with Crippen LogP contribution in [0.2, 0.25) is 0 Å². The number of morpholine rings is 1. The first-order chi connectivity index (χ1) is 21.1. The Morgan fingerprint density at radius 1 is 0.953 bits per heavy atom. The highest BCUT2D eigenvalue weighted by Crippen LogP contribution is 2.33. The average molecular weight is 613 g/mol. The first-order valence-electron chi connectivity index (χ1n) is 14.3. The normalized spacial score (nSPS) is 13.6. The Bertz CT molecular complexity index is 1720. The monoisotopic (exact) mass is 612 g/mol. The summed E-state index contributed by atoms with van der Waals surface area (Å²) in [7, 11) is 0. The molecule has 1 amide bonds. The summed E-state index contributed by atoms with van der Waals surface area (Å²) in [5.74, 6) is 0.946. The van der Waals surface area contributed by atoms with Crippen molar-refractivity contribution in [2.75, 3.05) is 55.4 Å². The number of thiocarbonyl (C=S) groups is 1. The summed E-state index contributed by atoms with van der Waals surface area (Å²) >= 11 is 6.87. The molecule has 3 heterocycles. The van der Waals surface area contributed by atoms with Crippen LogP contribution in [0.3, 0.4) is 0 Å². The second-order valence-electron chi connectivity index (χ2n) is 10.1. The number of amides is 1. The van der Waals surface area contributed by atoms with Gasteiger partial charge in [0.1, 0.15) is 11.6 Å². The molecule has 0 aliphatic carbocycles. The molecule has 0 spiro atoms. The molecule has 11 heteroatoms. The smallest absolute Gasteiger partial charge is 0.261 e. The molecular formula is C32H32N6O3S2. The van der Waals surface area contributed by atoms with Crippen LogP contribution in [0.1, 0.15) is 23.2 Å². The molecule has 1 fully saturated rings. The van der Waals surface area contributed by atoms with Gasteiger partial charge in [-0.15, -0.1) is 0 Å². The topological polar surface area (TPSA) is 101 Å². The number of thiazole rings is 1. The van der Waals surface area contributed by atoms with Crippen LogP contribution in [-0.4, -0.2) is 65.3 Å². The molecule has 0 atom stereocenters. The predicted molar refractivity (Wildman–Crippen MR) is 178 cm³/mol. The van der Waals surface area contributed by atoms with E-state index in [1.807, 2.05) is 72.8 Å². The van der Waals surface area contributed by atoms with Gasteiger partial charge in [-0.25, -0.2) is 9.97 Å². The molecule has 0 unspecified atom stereocenters. The van der Waals surface area contributed by atoms with Crippen molar-refractivity contribution < 1.29 is 14.3 Å². The number of hydrogen-bond acceptors (Lipinski definition) is 8. The van der Waals surface area contributed by atoms with Crippen LogP contribution in [0.5, 0.6) is 5.75 Å². The van der Waals surface area contributed by atoms with Crippen molar-refractivity contribution in [3.05, 3.63) is 84.6 Å². The standard InChI is InChI=1S/C32H32N6O3S2/c39-30(37-32-35-26-11-7-10-25(29(26)43-32)34-31(42)36-28-12-3-4-13-33-28)24-20-22-8-1-2-9-23(22)21-27(24)41-17-6-5-14-38-15-18-40-19-16-38/h1-4,7-13,20-21H,5-6,14-19H2,(H,35,37,39)(H2,33,34,36,42). The Morgan fingerprint density at radius 3 is 2.58 bits per heavy atom. The zero-order valence-corrected chi connectivity index (χ0v) is 25.2. The number of unbranched alkanes of at least 4 members (excludes halogenated alkanes) is 1. The Hall–Kier alpha value is -4.16. The van der Waals surface area contributed by atoms with E-state index in [1.54, 1.807) is 6.20 Å². The third-order valence-corrected chi connectivity index (χ3v) is 8.34. The summed E-state index contributed by atoms with van der Waals surface area (Å²) in [4.78, 5) is 25.0. The van der Waals surface area contributed by atoms with Gasteiger partial charge in [-0.2, -0.15) is 0 Å². The molecule has 0 saturated carbocycles. The molecule has 6 rings (SSSR count). The maximum atomic E-state index is 13.6. The zero-order chi connectivity index (χ0) is 29.4. The molecule has 1 aliphatic heterocycles. The molecule has 2 aromatic heterocycles. The highest BCUT2D eigenvalue weighted by Gasteiger charge is 2.18. The van der Waals surface area contributed by atoms with Crippen LogP contribution in [-0.2, 0) is 4.74 Å². The maximum Gasteiger partial charge on any atom is 0.261 e. The van der Waals surface area contributed by atoms with Gasteiger partial charge >= 0.3 is 0 Å². The lowest BCUT2D eigenvalue weighted by Crippen LogP contribution is -2.36. The van der Waals surface area contributed by atoms with Crippen molar-refractivity contribution in [1.29, 1.82) is 0 Å². The van der Waals surface area contributed by atoms with Crippen LogP contribution in [0.4, 0.5) is 16.6 Å². The quantitative estimate of drug-likeness (QED) is 0.122. The van der Waals surface area contributed by atoms with Gasteiger partial charge in [-0.1, -0.05) is 47.7 Å². The van der Waals surface area contributed by atoms with E-state index in [-0.39, 0.29) is 5.91 Å². The summed E-state index contributed by atoms with van der Waals surface area (Å²) in [5, 5.41) is 12.2. The lowest BCUT2D eigenvalue weighted by Gasteiger charge is -2.26. The Morgan fingerprint density at radius 2 is 1.77 bits per heavy atom. The number of pyridine rings is 1. The number of nitrogens with zero attached hydrogens (tertiary/aromatic N) is 3. The number of rotatable bonds is 10. The summed E-state index contributed by atoms with van der Waals surface area (Å²) in [5.41, 5.74) is 2.02. The van der Waals surface area contributed by atoms with Crippen LogP contribution < -0.4 is 20.7 Å². The molecule has 43 heavy (non-hydrogen) atoms. The largest absolute Gasteiger partial charge is 0.493 e. The predicted octanol–water partition coefficient (Wildman–Crippen LogP) is 6.40. The molecule has 1 aliphatic rings. The molecule has 9 nitrogen and oxygen atoms in total. The lowest BCUT2D eigenvalue weighted by atomic mass is 10.1. The Labute approximate surface area is 259 Å². The fourth-order valence-corrected chi connectivity index (χ4v) is 6.08. The van der Waals surface area contributed by atoms with Gasteiger partial charge < -0.3 is 20.1 Å². The first kappa shape index (κ1) is 28.9. The van der Waals surface area contributed by atoms with Crippen LogP contribution in [0, 0.1) is 0 Å². The van der Waals surface area contributed by atoms with Crippen molar-refractivity contribution in [3.8, 4) is 5.75 Å². The van der Waals surface area contributed by atoms with Gasteiger partial charge in [0.05, 0.1) is 41.3 Å². The van der Waals surface area contributed by atoms with E-state index in [0.717, 1.165) is 72.4 Å². The van der Waals surface area contributed by atoms with Crippen molar-refractivity contribution in [1.82, 2.24) is 14.9 Å². The van der Waals surface area contributed by atoms with Crippen molar-refractivity contribution in [3.63, 3.8) is 0 Å². The summed E-state index contributed by atoms with van der Waals surface area (Å²) < 4.78 is 12.5. The van der Waals surface area contributed by atoms with Crippen molar-refractivity contribution in [2.24, 2.45) is 0 Å². The number of nitrogens with one attached hydrogen (secondary N) is 3. The van der Waals surface area contributed by atoms with E-state index < -0.39 is 0 Å². The van der Waals surface area contributed by atoms with Crippen LogP contribution in [0.15, 0.2) is 79.0 Å². The zero-order valence-electron chi connectivity index (χ0n) is 23.5. The SMILES string of the molecule is O=C(Nc1nc2cccc(NC(=S)Nc3ccccn3)c2s1)c1cc2ccccc2cc1OCCCCN1CCOCC1. The highest BCUT2D eigenvalue weighted by molar-refractivity contribution is 7.80. The molecule has 0 radical (unpaired) electrons. The van der Waals surface area contributed by atoms with Gasteiger partial charge in [-0.3, -0.25) is 15.0 Å². The second kappa shape index (κ2) is 13.9. The molecule has 5 aromatic rings. The van der Waals surface area contributed by atoms with Gasteiger partial charge in [-0.05, 0) is 78.8 Å². The third-order valence-electron chi connectivity index (χ3n) is 7.11. The third kappa shape index (κ3) is 7.44. The minimum absolute atomic E-state index is 0.269. The fraction of sp³-hybridized carbons (Fsp3) is 0.250. The molecule has 0 bridgehead atoms. The molecule has 220 valence electrons. The first-order valence-corrected chi connectivity index (χ1v) is 15.5. The summed E-state index contributed by atoms with van der Waals surface area (Å²) in [6.45, 7) is 5.12. The number of benzene rings is 3. The van der Waals surface area contributed by atoms with Gasteiger partial charge in [0, 0.05) is 19.3 Å². The molecule has 3 N–H and O–H groups in total. The van der Waals surface area contributed by atoms with Crippen molar-refractivity contribution in [2.45, 2.75) is 12.8 Å². The van der Waals surface area contributed by atoms with Crippen LogP contribution in [0.25, 0.3) is 21.0 Å². The fourth-order valence-electron chi connectivity index (χ4n) is 4.93. The minimum atomic E-state index is -0.269. The average Bonchev–Trinajstić information content (AvgIpc) is 3.45. The van der Waals surface area contributed by atoms with Crippen LogP contribution >= 0.6 is 23.6 Å². The second-order valence-corrected chi connectivity index (χ2v) is 11.5. The number of carbonyl (C=O) groups is 1. The molecule has 3 aromatic carbocycles. The van der Waals surface area contributed by atoms with Crippen molar-refractivity contribution >= 4 is 72.2 Å². The molecular weight excluding hydrogens is 581 g/mol.